The third-order valence-electron chi connectivity index (χ3n) is 5.91. The number of piperidine rings is 1. The van der Waals surface area contributed by atoms with E-state index in [1.165, 1.54) is 12.8 Å². The van der Waals surface area contributed by atoms with E-state index in [4.69, 9.17) is 16.3 Å². The van der Waals surface area contributed by atoms with Gasteiger partial charge < -0.3 is 15.0 Å². The number of carbonyl (C=O) groups excluding carboxylic acids is 1. The molecule has 27 heavy (non-hydrogen) atoms. The summed E-state index contributed by atoms with van der Waals surface area (Å²) in [4.78, 5) is 17.0. The molecule has 2 heterocycles. The predicted molar refractivity (Wildman–Crippen MR) is 109 cm³/mol. The van der Waals surface area contributed by atoms with Gasteiger partial charge in [0, 0.05) is 39.1 Å². The van der Waals surface area contributed by atoms with Crippen LogP contribution >= 0.6 is 11.6 Å². The standard InChI is InChI=1S/C21H32ClN3O2/c1-17(18-6-8-23-9-7-18)16-21(26)25-12-10-24(11-13-25)14-15-27-20-5-3-2-4-19(20)22/h2-5,17-18,23H,6-16H2,1H3. The number of hydrogen-bond acceptors (Lipinski definition) is 4. The van der Waals surface area contributed by atoms with Gasteiger partial charge in [-0.15, -0.1) is 0 Å². The van der Waals surface area contributed by atoms with Crippen LogP contribution in [0.4, 0.5) is 0 Å². The SMILES string of the molecule is CC(CC(=O)N1CCN(CCOc2ccccc2Cl)CC1)C1CCNCC1. The van der Waals surface area contributed by atoms with Gasteiger partial charge in [-0.05, 0) is 49.9 Å². The van der Waals surface area contributed by atoms with Crippen molar-refractivity contribution in [3.05, 3.63) is 29.3 Å². The lowest BCUT2D eigenvalue weighted by molar-refractivity contribution is -0.134. The molecule has 0 saturated carbocycles. The van der Waals surface area contributed by atoms with Crippen LogP contribution in [0.2, 0.25) is 5.02 Å². The number of carbonyl (C=O) groups is 1. The lowest BCUT2D eigenvalue weighted by Gasteiger charge is -2.36. The Morgan fingerprint density at radius 2 is 1.93 bits per heavy atom. The molecule has 2 saturated heterocycles. The molecular weight excluding hydrogens is 362 g/mol. The summed E-state index contributed by atoms with van der Waals surface area (Å²) >= 11 is 6.11. The molecule has 5 nitrogen and oxygen atoms in total. The minimum Gasteiger partial charge on any atom is -0.491 e. The number of amides is 1. The number of para-hydroxylation sites is 1. The van der Waals surface area contributed by atoms with E-state index in [9.17, 15) is 4.79 Å². The highest BCUT2D eigenvalue weighted by Gasteiger charge is 2.26. The number of nitrogens with one attached hydrogen (secondary N) is 1. The van der Waals surface area contributed by atoms with Crippen LogP contribution in [0.1, 0.15) is 26.2 Å². The second-order valence-electron chi connectivity index (χ2n) is 7.77. The fourth-order valence-corrected chi connectivity index (χ4v) is 4.24. The van der Waals surface area contributed by atoms with Crippen LogP contribution in [0, 0.1) is 11.8 Å². The average molecular weight is 394 g/mol. The zero-order valence-electron chi connectivity index (χ0n) is 16.3. The Bertz CT molecular complexity index is 599. The molecule has 1 amide bonds. The minimum absolute atomic E-state index is 0.327. The van der Waals surface area contributed by atoms with Crippen molar-refractivity contribution in [1.29, 1.82) is 0 Å². The number of ether oxygens (including phenoxy) is 1. The number of piperazine rings is 1. The van der Waals surface area contributed by atoms with Crippen molar-refractivity contribution >= 4 is 17.5 Å². The van der Waals surface area contributed by atoms with Crippen LogP contribution in [-0.4, -0.2) is 68.1 Å². The van der Waals surface area contributed by atoms with Gasteiger partial charge in [-0.3, -0.25) is 9.69 Å². The molecular formula is C21H32ClN3O2. The van der Waals surface area contributed by atoms with Gasteiger partial charge in [-0.1, -0.05) is 30.7 Å². The maximum Gasteiger partial charge on any atom is 0.222 e. The summed E-state index contributed by atoms with van der Waals surface area (Å²) < 4.78 is 5.77. The Labute approximate surface area is 168 Å². The maximum atomic E-state index is 12.6. The van der Waals surface area contributed by atoms with Gasteiger partial charge in [0.1, 0.15) is 12.4 Å². The number of nitrogens with zero attached hydrogens (tertiary/aromatic N) is 2. The fourth-order valence-electron chi connectivity index (χ4n) is 4.05. The first-order valence-corrected chi connectivity index (χ1v) is 10.6. The number of hydrogen-bond donors (Lipinski definition) is 1. The molecule has 1 N–H and O–H groups in total. The van der Waals surface area contributed by atoms with Gasteiger partial charge in [0.2, 0.25) is 5.91 Å². The molecule has 1 aromatic rings. The van der Waals surface area contributed by atoms with Crippen molar-refractivity contribution in [2.24, 2.45) is 11.8 Å². The van der Waals surface area contributed by atoms with Crippen LogP contribution in [0.25, 0.3) is 0 Å². The molecule has 1 atom stereocenters. The predicted octanol–water partition coefficient (Wildman–Crippen LogP) is 2.89. The van der Waals surface area contributed by atoms with E-state index in [1.807, 2.05) is 29.2 Å². The van der Waals surface area contributed by atoms with Gasteiger partial charge in [-0.2, -0.15) is 0 Å². The Kier molecular flexibility index (Phi) is 7.80. The Balaban J connectivity index is 1.34. The van der Waals surface area contributed by atoms with E-state index in [1.54, 1.807) is 0 Å². The van der Waals surface area contributed by atoms with Crippen molar-refractivity contribution in [3.63, 3.8) is 0 Å². The molecule has 1 unspecified atom stereocenters. The van der Waals surface area contributed by atoms with Crippen LogP contribution in [0.15, 0.2) is 24.3 Å². The third kappa shape index (κ3) is 6.09. The molecule has 3 rings (SSSR count). The molecule has 0 bridgehead atoms. The summed E-state index contributed by atoms with van der Waals surface area (Å²) in [5, 5.41) is 4.05. The fraction of sp³-hybridized carbons (Fsp3) is 0.667. The van der Waals surface area contributed by atoms with E-state index in [0.29, 0.717) is 35.8 Å². The summed E-state index contributed by atoms with van der Waals surface area (Å²) in [6.45, 7) is 9.39. The first-order chi connectivity index (χ1) is 13.1. The monoisotopic (exact) mass is 393 g/mol. The van der Waals surface area contributed by atoms with Crippen molar-refractivity contribution in [3.8, 4) is 5.75 Å². The van der Waals surface area contributed by atoms with Gasteiger partial charge in [-0.25, -0.2) is 0 Å². The summed E-state index contributed by atoms with van der Waals surface area (Å²) in [6, 6.07) is 7.56. The van der Waals surface area contributed by atoms with Gasteiger partial charge in [0.05, 0.1) is 5.02 Å². The molecule has 2 aliphatic rings. The third-order valence-corrected chi connectivity index (χ3v) is 6.22. The Morgan fingerprint density at radius 3 is 2.63 bits per heavy atom. The van der Waals surface area contributed by atoms with Gasteiger partial charge in [0.15, 0.2) is 0 Å². The van der Waals surface area contributed by atoms with Crippen molar-refractivity contribution in [1.82, 2.24) is 15.1 Å². The summed E-state index contributed by atoms with van der Waals surface area (Å²) in [7, 11) is 0. The molecule has 0 radical (unpaired) electrons. The second-order valence-corrected chi connectivity index (χ2v) is 8.18. The highest BCUT2D eigenvalue weighted by Crippen LogP contribution is 2.25. The Hall–Kier alpha value is -1.30. The first kappa shape index (κ1) is 20.4. The molecule has 2 aliphatic heterocycles. The molecule has 2 fully saturated rings. The van der Waals surface area contributed by atoms with Crippen LogP contribution < -0.4 is 10.1 Å². The largest absolute Gasteiger partial charge is 0.491 e. The van der Waals surface area contributed by atoms with Crippen molar-refractivity contribution < 1.29 is 9.53 Å². The molecule has 0 aromatic heterocycles. The van der Waals surface area contributed by atoms with Crippen LogP contribution in [-0.2, 0) is 4.79 Å². The molecule has 150 valence electrons. The Morgan fingerprint density at radius 1 is 1.22 bits per heavy atom. The average Bonchev–Trinajstić information content (AvgIpc) is 2.70. The highest BCUT2D eigenvalue weighted by atomic mass is 35.5. The van der Waals surface area contributed by atoms with Crippen LogP contribution in [0.3, 0.4) is 0 Å². The molecule has 0 aliphatic carbocycles. The van der Waals surface area contributed by atoms with E-state index < -0.39 is 0 Å². The summed E-state index contributed by atoms with van der Waals surface area (Å²) in [6.07, 6.45) is 3.10. The molecule has 6 heteroatoms. The van der Waals surface area contributed by atoms with Crippen molar-refractivity contribution in [2.45, 2.75) is 26.2 Å². The van der Waals surface area contributed by atoms with E-state index in [-0.39, 0.29) is 0 Å². The molecule has 0 spiro atoms. The number of halogens is 1. The second kappa shape index (κ2) is 10.3. The summed E-state index contributed by atoms with van der Waals surface area (Å²) in [5.74, 6) is 2.24. The number of benzene rings is 1. The van der Waals surface area contributed by atoms with E-state index in [0.717, 1.165) is 51.6 Å². The maximum absolute atomic E-state index is 12.6. The van der Waals surface area contributed by atoms with Crippen LogP contribution in [0.5, 0.6) is 5.75 Å². The zero-order chi connectivity index (χ0) is 19.1. The van der Waals surface area contributed by atoms with Crippen molar-refractivity contribution in [2.75, 3.05) is 52.4 Å². The topological polar surface area (TPSA) is 44.8 Å². The lowest BCUT2D eigenvalue weighted by atomic mass is 9.84. The highest BCUT2D eigenvalue weighted by molar-refractivity contribution is 6.32. The molecule has 1 aromatic carbocycles. The zero-order valence-corrected chi connectivity index (χ0v) is 17.1. The van der Waals surface area contributed by atoms with E-state index >= 15 is 0 Å². The van der Waals surface area contributed by atoms with Gasteiger partial charge >= 0.3 is 0 Å². The summed E-state index contributed by atoms with van der Waals surface area (Å²) in [5.41, 5.74) is 0. The van der Waals surface area contributed by atoms with Gasteiger partial charge in [0.25, 0.3) is 0 Å². The smallest absolute Gasteiger partial charge is 0.222 e. The number of rotatable bonds is 7. The normalized spacial score (nSPS) is 20.4. The minimum atomic E-state index is 0.327. The first-order valence-electron chi connectivity index (χ1n) is 10.2. The van der Waals surface area contributed by atoms with E-state index in [2.05, 4.69) is 17.1 Å². The lowest BCUT2D eigenvalue weighted by Crippen LogP contribution is -2.50. The quantitative estimate of drug-likeness (QED) is 0.773.